The zero-order chi connectivity index (χ0) is 16.2. The average Bonchev–Trinajstić information content (AvgIpc) is 2.96. The highest BCUT2D eigenvalue weighted by Crippen LogP contribution is 2.16. The van der Waals surface area contributed by atoms with Crippen molar-refractivity contribution in [3.63, 3.8) is 0 Å². The smallest absolute Gasteiger partial charge is 0.193 e. The number of rotatable bonds is 10. The summed E-state index contributed by atoms with van der Waals surface area (Å²) in [5, 5.41) is 3.56. The Bertz CT molecular complexity index is 307. The summed E-state index contributed by atoms with van der Waals surface area (Å²) >= 11 is 0. The number of ether oxygens (including phenoxy) is 1. The topological polar surface area (TPSA) is 36.9 Å². The maximum atomic E-state index is 5.27. The second kappa shape index (κ2) is 11.8. The molecule has 1 N–H and O–H groups in total. The van der Waals surface area contributed by atoms with Crippen molar-refractivity contribution in [1.29, 1.82) is 0 Å². The Morgan fingerprint density at radius 2 is 2.09 bits per heavy atom. The molecule has 0 aromatic carbocycles. The number of unbranched alkanes of at least 4 members (excludes halogenated alkanes) is 4. The molecule has 2 atom stereocenters. The zero-order valence-corrected chi connectivity index (χ0v) is 15.2. The minimum absolute atomic E-state index is 0.652. The average molecular weight is 312 g/mol. The summed E-state index contributed by atoms with van der Waals surface area (Å²) in [7, 11) is 3.68. The van der Waals surface area contributed by atoms with Gasteiger partial charge in [0.15, 0.2) is 5.96 Å². The lowest BCUT2D eigenvalue weighted by Crippen LogP contribution is -2.41. The van der Waals surface area contributed by atoms with Crippen LogP contribution in [0.3, 0.4) is 0 Å². The van der Waals surface area contributed by atoms with Crippen molar-refractivity contribution in [1.82, 2.24) is 10.2 Å². The van der Waals surface area contributed by atoms with Crippen molar-refractivity contribution in [2.45, 2.75) is 58.8 Å². The van der Waals surface area contributed by atoms with E-state index in [-0.39, 0.29) is 0 Å². The van der Waals surface area contributed by atoms with Crippen molar-refractivity contribution in [2.75, 3.05) is 40.4 Å². The van der Waals surface area contributed by atoms with Gasteiger partial charge in [-0.2, -0.15) is 0 Å². The number of likely N-dealkylation sites (tertiary alicyclic amines) is 1. The zero-order valence-electron chi connectivity index (χ0n) is 15.2. The van der Waals surface area contributed by atoms with Crippen LogP contribution >= 0.6 is 0 Å². The molecule has 0 radical (unpaired) electrons. The van der Waals surface area contributed by atoms with Crippen LogP contribution in [-0.4, -0.2) is 51.3 Å². The highest BCUT2D eigenvalue weighted by Gasteiger charge is 2.24. The Balaban J connectivity index is 2.18. The van der Waals surface area contributed by atoms with Crippen molar-refractivity contribution in [3.05, 3.63) is 0 Å². The second-order valence-corrected chi connectivity index (χ2v) is 6.79. The molecule has 0 bridgehead atoms. The molecule has 0 aromatic rings. The summed E-state index contributed by atoms with van der Waals surface area (Å²) in [6, 6.07) is 0. The van der Waals surface area contributed by atoms with Crippen LogP contribution in [0.5, 0.6) is 0 Å². The van der Waals surface area contributed by atoms with E-state index in [1.807, 2.05) is 7.05 Å². The highest BCUT2D eigenvalue weighted by atomic mass is 16.5. The van der Waals surface area contributed by atoms with Gasteiger partial charge in [0.1, 0.15) is 0 Å². The van der Waals surface area contributed by atoms with Gasteiger partial charge in [0.05, 0.1) is 6.61 Å². The Kier molecular flexibility index (Phi) is 10.3. The molecule has 4 heteroatoms. The van der Waals surface area contributed by atoms with Crippen molar-refractivity contribution in [2.24, 2.45) is 16.8 Å². The molecule has 22 heavy (non-hydrogen) atoms. The Morgan fingerprint density at radius 1 is 1.32 bits per heavy atom. The predicted molar refractivity (Wildman–Crippen MR) is 95.5 cm³/mol. The molecule has 2 unspecified atom stereocenters. The van der Waals surface area contributed by atoms with Gasteiger partial charge in [-0.1, -0.05) is 46.0 Å². The third-order valence-electron chi connectivity index (χ3n) is 4.61. The SMILES string of the molecule is CCCCCCCC(C)CNC(=NC)N1CCC(COC)C1. The fourth-order valence-electron chi connectivity index (χ4n) is 3.19. The monoisotopic (exact) mass is 311 g/mol. The fraction of sp³-hybridized carbons (Fsp3) is 0.944. The van der Waals surface area contributed by atoms with Crippen LogP contribution in [0.15, 0.2) is 4.99 Å². The summed E-state index contributed by atoms with van der Waals surface area (Å²) in [6.07, 6.45) is 9.39. The first-order valence-electron chi connectivity index (χ1n) is 9.15. The number of methoxy groups -OCH3 is 1. The maximum absolute atomic E-state index is 5.27. The van der Waals surface area contributed by atoms with Gasteiger partial charge in [0.2, 0.25) is 0 Å². The molecule has 0 aliphatic carbocycles. The summed E-state index contributed by atoms with van der Waals surface area (Å²) in [5.41, 5.74) is 0. The molecule has 1 fully saturated rings. The number of hydrogen-bond acceptors (Lipinski definition) is 2. The van der Waals surface area contributed by atoms with Crippen LogP contribution in [0.1, 0.15) is 58.8 Å². The van der Waals surface area contributed by atoms with Crippen molar-refractivity contribution in [3.8, 4) is 0 Å². The lowest BCUT2D eigenvalue weighted by molar-refractivity contribution is 0.157. The maximum Gasteiger partial charge on any atom is 0.193 e. The molecule has 1 aliphatic rings. The molecule has 1 saturated heterocycles. The summed E-state index contributed by atoms with van der Waals surface area (Å²) in [4.78, 5) is 6.82. The van der Waals surface area contributed by atoms with Crippen LogP contribution in [0.4, 0.5) is 0 Å². The molecule has 0 aromatic heterocycles. The van der Waals surface area contributed by atoms with Gasteiger partial charge in [-0.3, -0.25) is 4.99 Å². The molecule has 1 rings (SSSR count). The van der Waals surface area contributed by atoms with Gasteiger partial charge in [-0.25, -0.2) is 0 Å². The third kappa shape index (κ3) is 7.48. The Labute approximate surface area is 137 Å². The number of aliphatic imine (C=N–C) groups is 1. The number of guanidine groups is 1. The summed E-state index contributed by atoms with van der Waals surface area (Å²) in [6.45, 7) is 8.68. The highest BCUT2D eigenvalue weighted by molar-refractivity contribution is 5.80. The van der Waals surface area contributed by atoms with E-state index in [1.54, 1.807) is 7.11 Å². The van der Waals surface area contributed by atoms with E-state index in [1.165, 1.54) is 44.9 Å². The van der Waals surface area contributed by atoms with Crippen molar-refractivity contribution >= 4 is 5.96 Å². The van der Waals surface area contributed by atoms with Crippen LogP contribution in [0.25, 0.3) is 0 Å². The van der Waals surface area contributed by atoms with Crippen molar-refractivity contribution < 1.29 is 4.74 Å². The van der Waals surface area contributed by atoms with Crippen LogP contribution in [-0.2, 0) is 4.74 Å². The van der Waals surface area contributed by atoms with Crippen LogP contribution < -0.4 is 5.32 Å². The lowest BCUT2D eigenvalue weighted by atomic mass is 10.0. The number of nitrogens with one attached hydrogen (secondary N) is 1. The predicted octanol–water partition coefficient (Wildman–Crippen LogP) is 3.53. The molecule has 0 amide bonds. The third-order valence-corrected chi connectivity index (χ3v) is 4.61. The summed E-state index contributed by atoms with van der Waals surface area (Å²) in [5.74, 6) is 2.44. The molecule has 130 valence electrons. The summed E-state index contributed by atoms with van der Waals surface area (Å²) < 4.78 is 5.27. The van der Waals surface area contributed by atoms with E-state index in [0.29, 0.717) is 5.92 Å². The van der Waals surface area contributed by atoms with Gasteiger partial charge >= 0.3 is 0 Å². The molecule has 1 heterocycles. The minimum Gasteiger partial charge on any atom is -0.384 e. The molecule has 0 spiro atoms. The molecular formula is C18H37N3O. The molecular weight excluding hydrogens is 274 g/mol. The number of nitrogens with zero attached hydrogens (tertiary/aromatic N) is 2. The first-order valence-corrected chi connectivity index (χ1v) is 9.15. The van der Waals surface area contributed by atoms with Gasteiger partial charge in [-0.05, 0) is 18.8 Å². The van der Waals surface area contributed by atoms with E-state index >= 15 is 0 Å². The quantitative estimate of drug-likeness (QED) is 0.381. The first kappa shape index (κ1) is 19.3. The van der Waals surface area contributed by atoms with E-state index in [0.717, 1.165) is 38.1 Å². The number of hydrogen-bond donors (Lipinski definition) is 1. The Morgan fingerprint density at radius 3 is 2.77 bits per heavy atom. The normalized spacial score (nSPS) is 20.5. The lowest BCUT2D eigenvalue weighted by Gasteiger charge is -2.23. The van der Waals surface area contributed by atoms with E-state index < -0.39 is 0 Å². The van der Waals surface area contributed by atoms with Gasteiger partial charge in [0, 0.05) is 39.7 Å². The second-order valence-electron chi connectivity index (χ2n) is 6.79. The van der Waals surface area contributed by atoms with E-state index in [4.69, 9.17) is 4.74 Å². The van der Waals surface area contributed by atoms with E-state index in [2.05, 4.69) is 29.1 Å². The molecule has 4 nitrogen and oxygen atoms in total. The van der Waals surface area contributed by atoms with Crippen LogP contribution in [0, 0.1) is 11.8 Å². The minimum atomic E-state index is 0.652. The Hall–Kier alpha value is -0.770. The van der Waals surface area contributed by atoms with Gasteiger partial charge < -0.3 is 15.0 Å². The fourth-order valence-corrected chi connectivity index (χ4v) is 3.19. The largest absolute Gasteiger partial charge is 0.384 e. The first-order chi connectivity index (χ1) is 10.7. The molecule has 1 aliphatic heterocycles. The standard InChI is InChI=1S/C18H37N3O/c1-5-6-7-8-9-10-16(2)13-20-18(19-3)21-12-11-17(14-21)15-22-4/h16-17H,5-15H2,1-4H3,(H,19,20). The van der Waals surface area contributed by atoms with Gasteiger partial charge in [0.25, 0.3) is 0 Å². The molecule has 0 saturated carbocycles. The van der Waals surface area contributed by atoms with Gasteiger partial charge in [-0.15, -0.1) is 0 Å². The van der Waals surface area contributed by atoms with E-state index in [9.17, 15) is 0 Å². The van der Waals surface area contributed by atoms with Crippen LogP contribution in [0.2, 0.25) is 0 Å².